The van der Waals surface area contributed by atoms with Gasteiger partial charge in [0.25, 0.3) is 0 Å². The van der Waals surface area contributed by atoms with Gasteiger partial charge in [-0.05, 0) is 37.3 Å². The minimum atomic E-state index is -0.478. The maximum atomic E-state index is 9.95. The minimum absolute atomic E-state index is 0. The molecule has 0 saturated carbocycles. The predicted molar refractivity (Wildman–Crippen MR) is 91.7 cm³/mol. The summed E-state index contributed by atoms with van der Waals surface area (Å²) in [6, 6.07) is 8.53. The average molecular weight is 316 g/mol. The molecule has 3 unspecified atom stereocenters. The first kappa shape index (κ1) is 20.2. The summed E-state index contributed by atoms with van der Waals surface area (Å²) in [5, 5.41) is 13.2. The number of para-hydroxylation sites is 1. The fourth-order valence-corrected chi connectivity index (χ4v) is 1.97. The van der Waals surface area contributed by atoms with Crippen molar-refractivity contribution in [2.24, 2.45) is 0 Å². The van der Waals surface area contributed by atoms with Crippen LogP contribution in [0.15, 0.2) is 24.3 Å². The highest BCUT2D eigenvalue weighted by Gasteiger charge is 2.12. The van der Waals surface area contributed by atoms with Crippen LogP contribution in [-0.2, 0) is 0 Å². The van der Waals surface area contributed by atoms with Gasteiger partial charge in [-0.1, -0.05) is 39.0 Å². The SMILES string of the molecule is CCC(C)NCC(O)COc1ccccc1C(C)CC.Cl. The van der Waals surface area contributed by atoms with Crippen LogP contribution in [0.3, 0.4) is 0 Å². The fourth-order valence-electron chi connectivity index (χ4n) is 1.97. The van der Waals surface area contributed by atoms with Gasteiger partial charge >= 0.3 is 0 Å². The normalized spacial score (nSPS) is 14.9. The Hall–Kier alpha value is -0.770. The van der Waals surface area contributed by atoms with Crippen LogP contribution in [0, 0.1) is 0 Å². The molecule has 1 rings (SSSR count). The van der Waals surface area contributed by atoms with Gasteiger partial charge in [0.05, 0.1) is 0 Å². The molecule has 0 aliphatic heterocycles. The summed E-state index contributed by atoms with van der Waals surface area (Å²) in [7, 11) is 0. The second-order valence-corrected chi connectivity index (χ2v) is 5.53. The maximum absolute atomic E-state index is 9.95. The van der Waals surface area contributed by atoms with Gasteiger partial charge in [0.15, 0.2) is 0 Å². The Morgan fingerprint density at radius 2 is 1.81 bits per heavy atom. The molecule has 0 aromatic heterocycles. The van der Waals surface area contributed by atoms with Crippen LogP contribution in [-0.4, -0.2) is 30.4 Å². The van der Waals surface area contributed by atoms with Gasteiger partial charge in [0.2, 0.25) is 0 Å². The minimum Gasteiger partial charge on any atom is -0.491 e. The molecule has 2 N–H and O–H groups in total. The van der Waals surface area contributed by atoms with Crippen LogP contribution in [0.1, 0.15) is 52.0 Å². The van der Waals surface area contributed by atoms with Crippen molar-refractivity contribution in [2.75, 3.05) is 13.2 Å². The first-order chi connectivity index (χ1) is 9.58. The third kappa shape index (κ3) is 7.16. The van der Waals surface area contributed by atoms with Crippen LogP contribution in [0.4, 0.5) is 0 Å². The van der Waals surface area contributed by atoms with E-state index in [0.717, 1.165) is 18.6 Å². The van der Waals surface area contributed by atoms with Gasteiger partial charge in [-0.15, -0.1) is 12.4 Å². The number of aliphatic hydroxyl groups excluding tert-OH is 1. The Morgan fingerprint density at radius 3 is 2.43 bits per heavy atom. The van der Waals surface area contributed by atoms with Crippen LogP contribution >= 0.6 is 12.4 Å². The molecule has 0 bridgehead atoms. The quantitative estimate of drug-likeness (QED) is 0.729. The molecule has 1 aromatic rings. The Labute approximate surface area is 135 Å². The Morgan fingerprint density at radius 1 is 1.14 bits per heavy atom. The number of ether oxygens (including phenoxy) is 1. The lowest BCUT2D eigenvalue weighted by molar-refractivity contribution is 0.103. The van der Waals surface area contributed by atoms with Crippen LogP contribution in [0.2, 0.25) is 0 Å². The van der Waals surface area contributed by atoms with E-state index in [9.17, 15) is 5.11 Å². The Bertz CT molecular complexity index is 387. The van der Waals surface area contributed by atoms with Gasteiger partial charge in [0, 0.05) is 12.6 Å². The second-order valence-electron chi connectivity index (χ2n) is 5.53. The van der Waals surface area contributed by atoms with Crippen LogP contribution in [0.25, 0.3) is 0 Å². The molecule has 0 saturated heterocycles. The van der Waals surface area contributed by atoms with Crippen molar-refractivity contribution in [3.63, 3.8) is 0 Å². The van der Waals surface area contributed by atoms with E-state index in [2.05, 4.69) is 39.1 Å². The number of hydrogen-bond acceptors (Lipinski definition) is 3. The second kappa shape index (κ2) is 10.9. The van der Waals surface area contributed by atoms with Crippen LogP contribution < -0.4 is 10.1 Å². The third-order valence-electron chi connectivity index (χ3n) is 3.81. The summed E-state index contributed by atoms with van der Waals surface area (Å²) in [6.07, 6.45) is 1.66. The average Bonchev–Trinajstić information content (AvgIpc) is 2.49. The monoisotopic (exact) mass is 315 g/mol. The van der Waals surface area contributed by atoms with Gasteiger partial charge < -0.3 is 15.2 Å². The molecule has 0 aliphatic carbocycles. The van der Waals surface area contributed by atoms with Gasteiger partial charge in [-0.3, -0.25) is 0 Å². The van der Waals surface area contributed by atoms with Gasteiger partial charge in [-0.25, -0.2) is 0 Å². The fraction of sp³-hybridized carbons (Fsp3) is 0.647. The van der Waals surface area contributed by atoms with Gasteiger partial charge in [0.1, 0.15) is 18.5 Å². The number of aliphatic hydroxyl groups is 1. The lowest BCUT2D eigenvalue weighted by Crippen LogP contribution is -2.36. The van der Waals surface area contributed by atoms with Gasteiger partial charge in [-0.2, -0.15) is 0 Å². The number of halogens is 1. The molecule has 0 spiro atoms. The van der Waals surface area contributed by atoms with Crippen molar-refractivity contribution in [1.29, 1.82) is 0 Å². The van der Waals surface area contributed by atoms with E-state index in [0.29, 0.717) is 25.1 Å². The Balaban J connectivity index is 0.00000400. The van der Waals surface area contributed by atoms with E-state index in [1.165, 1.54) is 5.56 Å². The first-order valence-electron chi connectivity index (χ1n) is 7.71. The van der Waals surface area contributed by atoms with E-state index in [1.54, 1.807) is 0 Å². The maximum Gasteiger partial charge on any atom is 0.122 e. The summed E-state index contributed by atoms with van der Waals surface area (Å²) in [6.45, 7) is 9.52. The molecule has 21 heavy (non-hydrogen) atoms. The highest BCUT2D eigenvalue weighted by Crippen LogP contribution is 2.28. The molecule has 122 valence electrons. The lowest BCUT2D eigenvalue weighted by atomic mass is 9.98. The van der Waals surface area contributed by atoms with Crippen molar-refractivity contribution < 1.29 is 9.84 Å². The number of hydrogen-bond donors (Lipinski definition) is 2. The van der Waals surface area contributed by atoms with Crippen molar-refractivity contribution >= 4 is 12.4 Å². The van der Waals surface area contributed by atoms with E-state index in [4.69, 9.17) is 4.74 Å². The van der Waals surface area contributed by atoms with Crippen molar-refractivity contribution in [3.8, 4) is 5.75 Å². The zero-order valence-electron chi connectivity index (χ0n) is 13.6. The molecule has 0 amide bonds. The van der Waals surface area contributed by atoms with E-state index in [-0.39, 0.29) is 12.4 Å². The molecular formula is C17H30ClNO2. The number of rotatable bonds is 9. The van der Waals surface area contributed by atoms with E-state index >= 15 is 0 Å². The summed E-state index contributed by atoms with van der Waals surface area (Å²) < 4.78 is 5.80. The smallest absolute Gasteiger partial charge is 0.122 e. The van der Waals surface area contributed by atoms with Crippen molar-refractivity contribution in [3.05, 3.63) is 29.8 Å². The topological polar surface area (TPSA) is 41.5 Å². The molecule has 0 radical (unpaired) electrons. The molecular weight excluding hydrogens is 286 g/mol. The standard InChI is InChI=1S/C17H29NO2.ClH/c1-5-13(3)16-9-7-8-10-17(16)20-12-15(19)11-18-14(4)6-2;/h7-10,13-15,18-19H,5-6,11-12H2,1-4H3;1H. The lowest BCUT2D eigenvalue weighted by Gasteiger charge is -2.19. The third-order valence-corrected chi connectivity index (χ3v) is 3.81. The summed E-state index contributed by atoms with van der Waals surface area (Å²) in [4.78, 5) is 0. The molecule has 0 aliphatic rings. The predicted octanol–water partition coefficient (Wildman–Crippen LogP) is 3.75. The molecule has 3 nitrogen and oxygen atoms in total. The largest absolute Gasteiger partial charge is 0.491 e. The summed E-state index contributed by atoms with van der Waals surface area (Å²) in [5.74, 6) is 1.37. The highest BCUT2D eigenvalue weighted by molar-refractivity contribution is 5.85. The molecule has 0 fully saturated rings. The molecule has 1 aromatic carbocycles. The zero-order valence-corrected chi connectivity index (χ0v) is 14.5. The Kier molecular flexibility index (Phi) is 10.5. The zero-order chi connectivity index (χ0) is 15.0. The summed E-state index contributed by atoms with van der Waals surface area (Å²) in [5.41, 5.74) is 1.22. The summed E-state index contributed by atoms with van der Waals surface area (Å²) >= 11 is 0. The molecule has 3 atom stereocenters. The molecule has 4 heteroatoms. The number of benzene rings is 1. The molecule has 0 heterocycles. The highest BCUT2D eigenvalue weighted by atomic mass is 35.5. The van der Waals surface area contributed by atoms with Crippen molar-refractivity contribution in [1.82, 2.24) is 5.32 Å². The first-order valence-corrected chi connectivity index (χ1v) is 7.71. The van der Waals surface area contributed by atoms with E-state index < -0.39 is 6.10 Å². The van der Waals surface area contributed by atoms with E-state index in [1.807, 2.05) is 18.2 Å². The number of nitrogens with one attached hydrogen (secondary N) is 1. The van der Waals surface area contributed by atoms with Crippen LogP contribution in [0.5, 0.6) is 5.75 Å². The van der Waals surface area contributed by atoms with Crippen molar-refractivity contribution in [2.45, 2.75) is 58.6 Å².